The first kappa shape index (κ1) is 26.1. The number of aromatic amines is 1. The normalized spacial score (nSPS) is 16.4. The zero-order chi connectivity index (χ0) is 26.6. The maximum Gasteiger partial charge on any atom is 0.252 e. The van der Waals surface area contributed by atoms with Crippen molar-refractivity contribution in [1.29, 1.82) is 0 Å². The van der Waals surface area contributed by atoms with Crippen molar-refractivity contribution in [2.75, 3.05) is 13.7 Å². The summed E-state index contributed by atoms with van der Waals surface area (Å²) in [6.45, 7) is 8.68. The van der Waals surface area contributed by atoms with Gasteiger partial charge in [0.15, 0.2) is 5.82 Å². The van der Waals surface area contributed by atoms with Crippen molar-refractivity contribution < 1.29 is 9.47 Å². The molecule has 1 aliphatic heterocycles. The van der Waals surface area contributed by atoms with Gasteiger partial charge in [-0.2, -0.15) is 0 Å². The lowest BCUT2D eigenvalue weighted by molar-refractivity contribution is 0.0887. The van der Waals surface area contributed by atoms with Gasteiger partial charge in [0.05, 0.1) is 25.8 Å². The molecular weight excluding hydrogens is 480 g/mol. The first-order valence-corrected chi connectivity index (χ1v) is 13.3. The summed E-state index contributed by atoms with van der Waals surface area (Å²) in [5.74, 6) is 1.59. The van der Waals surface area contributed by atoms with Gasteiger partial charge in [-0.15, -0.1) is 5.10 Å². The number of hydrogen-bond acceptors (Lipinski definition) is 7. The number of rotatable bonds is 10. The fourth-order valence-corrected chi connectivity index (χ4v) is 5.35. The molecule has 0 amide bonds. The van der Waals surface area contributed by atoms with Gasteiger partial charge in [0.1, 0.15) is 5.75 Å². The van der Waals surface area contributed by atoms with Crippen LogP contribution in [-0.2, 0) is 24.4 Å². The van der Waals surface area contributed by atoms with Gasteiger partial charge < -0.3 is 14.5 Å². The number of nitrogens with zero attached hydrogens (tertiary/aromatic N) is 5. The van der Waals surface area contributed by atoms with Gasteiger partial charge in [0, 0.05) is 36.3 Å². The van der Waals surface area contributed by atoms with Crippen LogP contribution in [0.15, 0.2) is 47.3 Å². The molecule has 1 aliphatic rings. The van der Waals surface area contributed by atoms with E-state index in [1.807, 2.05) is 35.0 Å². The highest BCUT2D eigenvalue weighted by molar-refractivity contribution is 5.80. The summed E-state index contributed by atoms with van der Waals surface area (Å²) in [7, 11) is 1.68. The Bertz CT molecular complexity index is 1460. The quantitative estimate of drug-likeness (QED) is 0.332. The largest absolute Gasteiger partial charge is 0.496 e. The van der Waals surface area contributed by atoms with Crippen LogP contribution >= 0.6 is 0 Å². The Hall–Kier alpha value is -3.56. The first-order valence-electron chi connectivity index (χ1n) is 13.3. The topological polar surface area (TPSA) is 98.2 Å². The predicted octanol–water partition coefficient (Wildman–Crippen LogP) is 4.47. The number of methoxy groups -OCH3 is 1. The van der Waals surface area contributed by atoms with Crippen molar-refractivity contribution in [2.45, 2.75) is 71.8 Å². The molecule has 9 nitrogen and oxygen atoms in total. The first-order chi connectivity index (χ1) is 18.5. The van der Waals surface area contributed by atoms with E-state index in [0.29, 0.717) is 25.2 Å². The molecule has 9 heteroatoms. The molecule has 4 aromatic rings. The van der Waals surface area contributed by atoms with Crippen LogP contribution in [0.4, 0.5) is 0 Å². The number of hydrogen-bond donors (Lipinski definition) is 1. The second-order valence-electron chi connectivity index (χ2n) is 10.1. The van der Waals surface area contributed by atoms with Crippen LogP contribution in [0.3, 0.4) is 0 Å². The van der Waals surface area contributed by atoms with Crippen LogP contribution in [0.2, 0.25) is 0 Å². The number of H-pyrrole nitrogens is 1. The summed E-state index contributed by atoms with van der Waals surface area (Å²) in [6.07, 6.45) is 2.95. The predicted molar refractivity (Wildman–Crippen MR) is 146 cm³/mol. The lowest BCUT2D eigenvalue weighted by Gasteiger charge is -2.31. The van der Waals surface area contributed by atoms with E-state index in [-0.39, 0.29) is 17.7 Å². The molecule has 1 N–H and O–H groups in total. The Kier molecular flexibility index (Phi) is 7.85. The van der Waals surface area contributed by atoms with Crippen molar-refractivity contribution in [3.63, 3.8) is 0 Å². The third-order valence-corrected chi connectivity index (χ3v) is 7.56. The van der Waals surface area contributed by atoms with E-state index in [9.17, 15) is 4.79 Å². The Labute approximate surface area is 222 Å². The molecule has 0 spiro atoms. The second kappa shape index (κ2) is 11.4. The van der Waals surface area contributed by atoms with E-state index >= 15 is 0 Å². The third kappa shape index (κ3) is 5.49. The molecule has 0 aliphatic carbocycles. The van der Waals surface area contributed by atoms with Crippen molar-refractivity contribution in [3.05, 3.63) is 80.9 Å². The lowest BCUT2D eigenvalue weighted by atomic mass is 10.0. The summed E-state index contributed by atoms with van der Waals surface area (Å²) in [4.78, 5) is 18.6. The zero-order valence-corrected chi connectivity index (χ0v) is 22.6. The number of ether oxygens (including phenoxy) is 2. The van der Waals surface area contributed by atoms with Crippen LogP contribution in [0.5, 0.6) is 5.75 Å². The van der Waals surface area contributed by atoms with E-state index in [2.05, 4.69) is 58.3 Å². The maximum atomic E-state index is 13.3. The Morgan fingerprint density at radius 2 is 1.95 bits per heavy atom. The molecular formula is C29H36N6O3. The number of nitrogens with one attached hydrogen (secondary N) is 1. The number of pyridine rings is 1. The van der Waals surface area contributed by atoms with Crippen LogP contribution in [0.1, 0.15) is 60.3 Å². The fraction of sp³-hybridized carbons (Fsp3) is 0.448. The molecule has 0 radical (unpaired) electrons. The van der Waals surface area contributed by atoms with Crippen molar-refractivity contribution in [1.82, 2.24) is 30.1 Å². The van der Waals surface area contributed by atoms with Crippen LogP contribution in [0.25, 0.3) is 10.9 Å². The summed E-state index contributed by atoms with van der Waals surface area (Å²) in [5.41, 5.74) is 4.86. The zero-order valence-electron chi connectivity index (χ0n) is 22.6. The number of fused-ring (bicyclic) bond motifs is 1. The molecule has 1 saturated heterocycles. The van der Waals surface area contributed by atoms with E-state index < -0.39 is 0 Å². The van der Waals surface area contributed by atoms with E-state index in [4.69, 9.17) is 9.47 Å². The number of aromatic nitrogens is 5. The molecule has 2 aromatic carbocycles. The highest BCUT2D eigenvalue weighted by Crippen LogP contribution is 2.30. The molecule has 0 bridgehead atoms. The molecule has 38 heavy (non-hydrogen) atoms. The summed E-state index contributed by atoms with van der Waals surface area (Å²) >= 11 is 0. The Morgan fingerprint density at radius 3 is 2.71 bits per heavy atom. The number of tetrazole rings is 1. The Morgan fingerprint density at radius 1 is 1.16 bits per heavy atom. The van der Waals surface area contributed by atoms with Crippen molar-refractivity contribution in [3.8, 4) is 5.75 Å². The van der Waals surface area contributed by atoms with E-state index in [1.54, 1.807) is 7.11 Å². The highest BCUT2D eigenvalue weighted by atomic mass is 16.5. The summed E-state index contributed by atoms with van der Waals surface area (Å²) in [6, 6.07) is 14.1. The highest BCUT2D eigenvalue weighted by Gasteiger charge is 2.28. The Balaban J connectivity index is 1.53. The smallest absolute Gasteiger partial charge is 0.252 e. The van der Waals surface area contributed by atoms with Gasteiger partial charge in [-0.25, -0.2) is 4.68 Å². The molecule has 5 rings (SSSR count). The second-order valence-corrected chi connectivity index (χ2v) is 10.1. The SMILES string of the molecule is CC[C@H](c1nnnn1C[C@@H]1CCCO1)N(Cc1ccccc1OC)Cc1cc2cc(C)c(C)cc2[nH]c1=O. The average molecular weight is 517 g/mol. The molecule has 3 heterocycles. The molecule has 1 fully saturated rings. The standard InChI is InChI=1S/C29H36N6O3/c1-5-26(28-31-32-33-35(28)18-24-10-8-12-38-24)34(16-21-9-6-7-11-27(21)37-4)17-23-15-22-13-19(2)20(3)14-25(22)30-29(23)36/h6-7,9,11,13-15,24,26H,5,8,10,12,16-18H2,1-4H3,(H,30,36)/t24-,26+/m0/s1. The van der Waals surface area contributed by atoms with Gasteiger partial charge in [-0.05, 0) is 84.3 Å². The molecule has 0 unspecified atom stereocenters. The maximum absolute atomic E-state index is 13.3. The van der Waals surface area contributed by atoms with Gasteiger partial charge in [0.25, 0.3) is 5.56 Å². The molecule has 2 aromatic heterocycles. The fourth-order valence-electron chi connectivity index (χ4n) is 5.35. The van der Waals surface area contributed by atoms with Crippen LogP contribution in [-0.4, -0.2) is 49.9 Å². The summed E-state index contributed by atoms with van der Waals surface area (Å²) in [5, 5.41) is 13.8. The minimum atomic E-state index is -0.119. The van der Waals surface area contributed by atoms with Gasteiger partial charge in [-0.1, -0.05) is 25.1 Å². The monoisotopic (exact) mass is 516 g/mol. The third-order valence-electron chi connectivity index (χ3n) is 7.56. The van der Waals surface area contributed by atoms with Gasteiger partial charge in [0.2, 0.25) is 0 Å². The van der Waals surface area contributed by atoms with Crippen molar-refractivity contribution in [2.24, 2.45) is 0 Å². The number of benzene rings is 2. The summed E-state index contributed by atoms with van der Waals surface area (Å²) < 4.78 is 13.4. The molecule has 0 saturated carbocycles. The van der Waals surface area contributed by atoms with Crippen LogP contribution < -0.4 is 10.3 Å². The number of aryl methyl sites for hydroxylation is 2. The molecule has 2 atom stereocenters. The minimum Gasteiger partial charge on any atom is -0.496 e. The number of para-hydroxylation sites is 1. The van der Waals surface area contributed by atoms with Crippen molar-refractivity contribution >= 4 is 10.9 Å². The average Bonchev–Trinajstić information content (AvgIpc) is 3.59. The van der Waals surface area contributed by atoms with Crippen LogP contribution in [0, 0.1) is 13.8 Å². The van der Waals surface area contributed by atoms with E-state index in [1.165, 1.54) is 5.56 Å². The minimum absolute atomic E-state index is 0.0837. The van der Waals surface area contributed by atoms with Gasteiger partial charge >= 0.3 is 0 Å². The van der Waals surface area contributed by atoms with Gasteiger partial charge in [-0.3, -0.25) is 9.69 Å². The molecule has 200 valence electrons. The van der Waals surface area contributed by atoms with E-state index in [0.717, 1.165) is 59.5 Å². The lowest BCUT2D eigenvalue weighted by Crippen LogP contribution is -2.33.